The Hall–Kier alpha value is -1.29. The largest absolute Gasteiger partial charge is 0.192 e. The summed E-state index contributed by atoms with van der Waals surface area (Å²) in [7, 11) is 0. The molecule has 15 heavy (non-hydrogen) atoms. The summed E-state index contributed by atoms with van der Waals surface area (Å²) in [6.07, 6.45) is 1.12. The summed E-state index contributed by atoms with van der Waals surface area (Å²) in [5.41, 5.74) is 3.27. The van der Waals surface area contributed by atoms with E-state index in [0.717, 1.165) is 17.5 Å². The minimum atomic E-state index is 0.422. The van der Waals surface area contributed by atoms with Crippen molar-refractivity contribution < 1.29 is 0 Å². The molecule has 0 saturated heterocycles. The summed E-state index contributed by atoms with van der Waals surface area (Å²) < 4.78 is 0. The quantitative estimate of drug-likeness (QED) is 0.719. The summed E-state index contributed by atoms with van der Waals surface area (Å²) in [6.45, 7) is 8.62. The third-order valence-electron chi connectivity index (χ3n) is 3.00. The van der Waals surface area contributed by atoms with Gasteiger partial charge in [0, 0.05) is 0 Å². The molecule has 0 radical (unpaired) electrons. The van der Waals surface area contributed by atoms with Crippen molar-refractivity contribution in [3.05, 3.63) is 34.9 Å². The van der Waals surface area contributed by atoms with Crippen molar-refractivity contribution in [2.45, 2.75) is 46.0 Å². The van der Waals surface area contributed by atoms with Gasteiger partial charge in [-0.1, -0.05) is 39.8 Å². The number of hydrogen-bond acceptors (Lipinski definition) is 1. The second kappa shape index (κ2) is 4.98. The van der Waals surface area contributed by atoms with E-state index in [1.54, 1.807) is 0 Å². The van der Waals surface area contributed by atoms with Gasteiger partial charge < -0.3 is 0 Å². The highest BCUT2D eigenvalue weighted by Gasteiger charge is 2.09. The summed E-state index contributed by atoms with van der Waals surface area (Å²) in [6, 6.07) is 8.60. The SMILES string of the molecule is CCC(C)c1ccc(C(C)C)c(C#N)c1. The standard InChI is InChI=1S/C14H19N/c1-5-11(4)12-6-7-14(10(2)3)13(8-12)9-15/h6-8,10-11H,5H2,1-4H3. The maximum absolute atomic E-state index is 9.10. The molecule has 0 bridgehead atoms. The van der Waals surface area contributed by atoms with Crippen molar-refractivity contribution in [3.8, 4) is 6.07 Å². The molecule has 1 atom stereocenters. The lowest BCUT2D eigenvalue weighted by atomic mass is 9.91. The predicted octanol–water partition coefficient (Wildman–Crippen LogP) is 4.20. The van der Waals surface area contributed by atoms with Crippen molar-refractivity contribution in [2.75, 3.05) is 0 Å². The fourth-order valence-corrected chi connectivity index (χ4v) is 1.72. The maximum atomic E-state index is 9.10. The Morgan fingerprint density at radius 1 is 1.27 bits per heavy atom. The summed E-state index contributed by atoms with van der Waals surface area (Å²) in [4.78, 5) is 0. The first kappa shape index (κ1) is 11.8. The van der Waals surface area contributed by atoms with Crippen LogP contribution in [0.4, 0.5) is 0 Å². The topological polar surface area (TPSA) is 23.8 Å². The van der Waals surface area contributed by atoms with Crippen LogP contribution < -0.4 is 0 Å². The second-order valence-corrected chi connectivity index (χ2v) is 4.42. The lowest BCUT2D eigenvalue weighted by Gasteiger charge is -2.13. The molecule has 0 amide bonds. The number of nitrogens with zero attached hydrogens (tertiary/aromatic N) is 1. The van der Waals surface area contributed by atoms with E-state index < -0.39 is 0 Å². The Balaban J connectivity index is 3.15. The smallest absolute Gasteiger partial charge is 0.0994 e. The molecule has 0 aliphatic carbocycles. The van der Waals surface area contributed by atoms with Crippen molar-refractivity contribution in [1.82, 2.24) is 0 Å². The van der Waals surface area contributed by atoms with E-state index >= 15 is 0 Å². The summed E-state index contributed by atoms with van der Waals surface area (Å²) in [5.74, 6) is 0.962. The molecule has 1 aromatic rings. The van der Waals surface area contributed by atoms with Gasteiger partial charge in [0.25, 0.3) is 0 Å². The van der Waals surface area contributed by atoms with Gasteiger partial charge in [-0.2, -0.15) is 5.26 Å². The Morgan fingerprint density at radius 2 is 1.93 bits per heavy atom. The lowest BCUT2D eigenvalue weighted by molar-refractivity contribution is 0.731. The third kappa shape index (κ3) is 2.59. The van der Waals surface area contributed by atoms with Gasteiger partial charge in [-0.3, -0.25) is 0 Å². The molecule has 0 aromatic heterocycles. The van der Waals surface area contributed by atoms with Gasteiger partial charge in [-0.15, -0.1) is 0 Å². The normalized spacial score (nSPS) is 12.5. The molecule has 1 heteroatoms. The van der Waals surface area contributed by atoms with Crippen molar-refractivity contribution in [1.29, 1.82) is 5.26 Å². The average molecular weight is 201 g/mol. The van der Waals surface area contributed by atoms with Gasteiger partial charge in [0.2, 0.25) is 0 Å². The molecule has 0 aliphatic heterocycles. The highest BCUT2D eigenvalue weighted by Crippen LogP contribution is 2.25. The van der Waals surface area contributed by atoms with Crippen molar-refractivity contribution >= 4 is 0 Å². The Labute approximate surface area is 92.7 Å². The van der Waals surface area contributed by atoms with Crippen LogP contribution in [-0.4, -0.2) is 0 Å². The molecule has 0 N–H and O–H groups in total. The maximum Gasteiger partial charge on any atom is 0.0994 e. The monoisotopic (exact) mass is 201 g/mol. The third-order valence-corrected chi connectivity index (χ3v) is 3.00. The minimum absolute atomic E-state index is 0.422. The first-order valence-electron chi connectivity index (χ1n) is 5.64. The minimum Gasteiger partial charge on any atom is -0.192 e. The molecule has 1 rings (SSSR count). The molecule has 1 nitrogen and oxygen atoms in total. The van der Waals surface area contributed by atoms with Gasteiger partial charge in [0.05, 0.1) is 11.6 Å². The van der Waals surface area contributed by atoms with Crippen LogP contribution in [0.15, 0.2) is 18.2 Å². The van der Waals surface area contributed by atoms with Crippen LogP contribution in [0.2, 0.25) is 0 Å². The van der Waals surface area contributed by atoms with E-state index in [-0.39, 0.29) is 0 Å². The summed E-state index contributed by atoms with van der Waals surface area (Å²) in [5, 5.41) is 9.10. The van der Waals surface area contributed by atoms with E-state index in [1.165, 1.54) is 5.56 Å². The highest BCUT2D eigenvalue weighted by molar-refractivity contribution is 5.43. The van der Waals surface area contributed by atoms with Crippen LogP contribution in [0.25, 0.3) is 0 Å². The number of benzene rings is 1. The van der Waals surface area contributed by atoms with Crippen LogP contribution in [0.5, 0.6) is 0 Å². The van der Waals surface area contributed by atoms with Crippen LogP contribution in [0.1, 0.15) is 62.6 Å². The number of nitriles is 1. The molecular formula is C14H19N. The molecule has 80 valence electrons. The Bertz CT molecular complexity index is 371. The fourth-order valence-electron chi connectivity index (χ4n) is 1.72. The molecule has 0 aliphatic rings. The molecule has 0 fully saturated rings. The fraction of sp³-hybridized carbons (Fsp3) is 0.500. The Morgan fingerprint density at radius 3 is 2.40 bits per heavy atom. The summed E-state index contributed by atoms with van der Waals surface area (Å²) >= 11 is 0. The first-order valence-corrected chi connectivity index (χ1v) is 5.64. The van der Waals surface area contributed by atoms with E-state index in [4.69, 9.17) is 5.26 Å². The molecule has 0 saturated carbocycles. The molecule has 0 heterocycles. The zero-order valence-corrected chi connectivity index (χ0v) is 10.0. The van der Waals surface area contributed by atoms with E-state index in [0.29, 0.717) is 11.8 Å². The van der Waals surface area contributed by atoms with Crippen molar-refractivity contribution in [2.24, 2.45) is 0 Å². The second-order valence-electron chi connectivity index (χ2n) is 4.42. The number of hydrogen-bond donors (Lipinski definition) is 0. The van der Waals surface area contributed by atoms with Gasteiger partial charge >= 0.3 is 0 Å². The van der Waals surface area contributed by atoms with Gasteiger partial charge in [0.15, 0.2) is 0 Å². The first-order chi connectivity index (χ1) is 7.10. The van der Waals surface area contributed by atoms with Crippen molar-refractivity contribution in [3.63, 3.8) is 0 Å². The van der Waals surface area contributed by atoms with Crippen LogP contribution in [-0.2, 0) is 0 Å². The van der Waals surface area contributed by atoms with Crippen LogP contribution in [0, 0.1) is 11.3 Å². The zero-order chi connectivity index (χ0) is 11.4. The van der Waals surface area contributed by atoms with Gasteiger partial charge in [0.1, 0.15) is 0 Å². The van der Waals surface area contributed by atoms with E-state index in [2.05, 4.69) is 45.9 Å². The van der Waals surface area contributed by atoms with Crippen LogP contribution in [0.3, 0.4) is 0 Å². The molecule has 0 spiro atoms. The van der Waals surface area contributed by atoms with E-state index in [9.17, 15) is 0 Å². The molecule has 1 aromatic carbocycles. The highest BCUT2D eigenvalue weighted by atomic mass is 14.3. The predicted molar refractivity (Wildman–Crippen MR) is 64.0 cm³/mol. The Kier molecular flexibility index (Phi) is 3.91. The van der Waals surface area contributed by atoms with Gasteiger partial charge in [-0.25, -0.2) is 0 Å². The zero-order valence-electron chi connectivity index (χ0n) is 10.0. The van der Waals surface area contributed by atoms with Gasteiger partial charge in [-0.05, 0) is 35.4 Å². The molecular weight excluding hydrogens is 182 g/mol. The average Bonchev–Trinajstić information content (AvgIpc) is 2.26. The van der Waals surface area contributed by atoms with Crippen LogP contribution >= 0.6 is 0 Å². The lowest BCUT2D eigenvalue weighted by Crippen LogP contribution is -1.97. The molecule has 1 unspecified atom stereocenters. The van der Waals surface area contributed by atoms with E-state index in [1.807, 2.05) is 6.07 Å². The number of rotatable bonds is 3.